The van der Waals surface area contributed by atoms with Crippen molar-refractivity contribution in [1.29, 1.82) is 0 Å². The van der Waals surface area contributed by atoms with E-state index in [4.69, 9.17) is 5.53 Å². The Morgan fingerprint density at radius 1 is 1.47 bits per heavy atom. The summed E-state index contributed by atoms with van der Waals surface area (Å²) < 4.78 is 0. The molecule has 0 radical (unpaired) electrons. The molecule has 15 heavy (non-hydrogen) atoms. The van der Waals surface area contributed by atoms with Crippen LogP contribution in [0.25, 0.3) is 10.4 Å². The molecular formula is C12H21N3. The second kappa shape index (κ2) is 4.28. The molecule has 0 aromatic heterocycles. The van der Waals surface area contributed by atoms with Crippen molar-refractivity contribution in [3.63, 3.8) is 0 Å². The molecule has 1 atom stereocenters. The Bertz CT molecular complexity index is 320. The maximum atomic E-state index is 8.53. The molecule has 0 aromatic rings. The minimum atomic E-state index is 0.0837. The average Bonchev–Trinajstić information content (AvgIpc) is 2.09. The van der Waals surface area contributed by atoms with Crippen molar-refractivity contribution in [2.45, 2.75) is 53.5 Å². The number of azide groups is 1. The van der Waals surface area contributed by atoms with E-state index in [0.29, 0.717) is 5.92 Å². The second-order valence-corrected chi connectivity index (χ2v) is 5.39. The zero-order chi connectivity index (χ0) is 11.6. The molecule has 1 unspecified atom stereocenters. The Balaban J connectivity index is 3.18. The molecule has 0 heterocycles. The molecule has 0 saturated carbocycles. The summed E-state index contributed by atoms with van der Waals surface area (Å²) >= 11 is 0. The van der Waals surface area contributed by atoms with E-state index in [9.17, 15) is 0 Å². The van der Waals surface area contributed by atoms with Gasteiger partial charge in [0.1, 0.15) is 0 Å². The van der Waals surface area contributed by atoms with Gasteiger partial charge in [-0.05, 0) is 36.6 Å². The summed E-state index contributed by atoms with van der Waals surface area (Å²) in [4.78, 5) is 2.94. The Kier molecular flexibility index (Phi) is 3.46. The summed E-state index contributed by atoms with van der Waals surface area (Å²) in [5.74, 6) is 0.539. The largest absolute Gasteiger partial charge is 0.0863 e. The molecule has 0 N–H and O–H groups in total. The van der Waals surface area contributed by atoms with Crippen LogP contribution in [0.4, 0.5) is 0 Å². The lowest BCUT2D eigenvalue weighted by atomic mass is 9.67. The Morgan fingerprint density at radius 2 is 2.07 bits per heavy atom. The highest BCUT2D eigenvalue weighted by atomic mass is 15.1. The van der Waals surface area contributed by atoms with Crippen LogP contribution in [0, 0.1) is 11.3 Å². The summed E-state index contributed by atoms with van der Waals surface area (Å²) in [7, 11) is 0. The van der Waals surface area contributed by atoms with E-state index in [-0.39, 0.29) is 11.5 Å². The minimum absolute atomic E-state index is 0.0837. The van der Waals surface area contributed by atoms with Crippen LogP contribution in [0.2, 0.25) is 0 Å². The van der Waals surface area contributed by atoms with Crippen molar-refractivity contribution in [1.82, 2.24) is 0 Å². The smallest absolute Gasteiger partial charge is 0.0585 e. The highest BCUT2D eigenvalue weighted by Gasteiger charge is 2.33. The molecule has 0 spiro atoms. The summed E-state index contributed by atoms with van der Waals surface area (Å²) in [5, 5.41) is 3.89. The SMILES string of the molecule is CC1=C(C(C)C)C(C)(C)CCC1N=[N+]=[N-]. The molecule has 84 valence electrons. The molecule has 1 aliphatic carbocycles. The van der Waals surface area contributed by atoms with Crippen molar-refractivity contribution < 1.29 is 0 Å². The van der Waals surface area contributed by atoms with Crippen molar-refractivity contribution in [3.8, 4) is 0 Å². The van der Waals surface area contributed by atoms with Gasteiger partial charge < -0.3 is 0 Å². The van der Waals surface area contributed by atoms with Crippen molar-refractivity contribution in [2.24, 2.45) is 16.4 Å². The van der Waals surface area contributed by atoms with Crippen molar-refractivity contribution in [2.75, 3.05) is 0 Å². The van der Waals surface area contributed by atoms with E-state index in [1.807, 2.05) is 0 Å². The fraction of sp³-hybridized carbons (Fsp3) is 0.833. The van der Waals surface area contributed by atoms with E-state index in [1.165, 1.54) is 11.1 Å². The van der Waals surface area contributed by atoms with Crippen LogP contribution < -0.4 is 0 Å². The van der Waals surface area contributed by atoms with Gasteiger partial charge >= 0.3 is 0 Å². The zero-order valence-corrected chi connectivity index (χ0v) is 10.4. The third-order valence-electron chi connectivity index (χ3n) is 3.46. The lowest BCUT2D eigenvalue weighted by molar-refractivity contribution is 0.320. The lowest BCUT2D eigenvalue weighted by Crippen LogP contribution is -2.29. The van der Waals surface area contributed by atoms with Crippen LogP contribution in [0.5, 0.6) is 0 Å². The van der Waals surface area contributed by atoms with Crippen LogP contribution in [-0.4, -0.2) is 6.04 Å². The standard InChI is InChI=1S/C12H21N3/c1-8(2)11-9(3)10(14-15-13)6-7-12(11,4)5/h8,10H,6-7H2,1-5H3. The number of allylic oxidation sites excluding steroid dienone is 1. The Morgan fingerprint density at radius 3 is 2.53 bits per heavy atom. The van der Waals surface area contributed by atoms with Gasteiger partial charge in [0.15, 0.2) is 0 Å². The maximum Gasteiger partial charge on any atom is 0.0585 e. The van der Waals surface area contributed by atoms with Gasteiger partial charge in [0.05, 0.1) is 6.04 Å². The van der Waals surface area contributed by atoms with E-state index < -0.39 is 0 Å². The Hall–Kier alpha value is -0.950. The average molecular weight is 207 g/mol. The third kappa shape index (κ3) is 2.35. The van der Waals surface area contributed by atoms with Crippen LogP contribution in [0.1, 0.15) is 47.5 Å². The lowest BCUT2D eigenvalue weighted by Gasteiger charge is -2.39. The first-order valence-electron chi connectivity index (χ1n) is 5.65. The van der Waals surface area contributed by atoms with Crippen LogP contribution in [-0.2, 0) is 0 Å². The van der Waals surface area contributed by atoms with E-state index in [0.717, 1.165) is 12.8 Å². The summed E-state index contributed by atoms with van der Waals surface area (Å²) in [6.45, 7) is 11.1. The molecular weight excluding hydrogens is 186 g/mol. The minimum Gasteiger partial charge on any atom is -0.0863 e. The predicted molar refractivity (Wildman–Crippen MR) is 63.5 cm³/mol. The van der Waals surface area contributed by atoms with Gasteiger partial charge in [-0.25, -0.2) is 0 Å². The summed E-state index contributed by atoms with van der Waals surface area (Å²) in [6, 6.07) is 0.0837. The van der Waals surface area contributed by atoms with E-state index in [2.05, 4.69) is 44.6 Å². The molecule has 0 aliphatic heterocycles. The van der Waals surface area contributed by atoms with Gasteiger partial charge in [-0.15, -0.1) is 0 Å². The number of hydrogen-bond acceptors (Lipinski definition) is 1. The fourth-order valence-electron chi connectivity index (χ4n) is 3.01. The maximum absolute atomic E-state index is 8.53. The zero-order valence-electron chi connectivity index (χ0n) is 10.4. The van der Waals surface area contributed by atoms with E-state index in [1.54, 1.807) is 0 Å². The highest BCUT2D eigenvalue weighted by Crippen LogP contribution is 2.44. The molecule has 1 rings (SSSR count). The van der Waals surface area contributed by atoms with Crippen LogP contribution in [0.3, 0.4) is 0 Å². The molecule has 0 fully saturated rings. The third-order valence-corrected chi connectivity index (χ3v) is 3.46. The number of nitrogens with zero attached hydrogens (tertiary/aromatic N) is 3. The monoisotopic (exact) mass is 207 g/mol. The second-order valence-electron chi connectivity index (χ2n) is 5.39. The topological polar surface area (TPSA) is 48.8 Å². The molecule has 1 aliphatic rings. The molecule has 0 bridgehead atoms. The first kappa shape index (κ1) is 12.1. The predicted octanol–water partition coefficient (Wildman–Crippen LogP) is 4.46. The van der Waals surface area contributed by atoms with Gasteiger partial charge in [-0.1, -0.05) is 44.0 Å². The van der Waals surface area contributed by atoms with Crippen LogP contribution in [0.15, 0.2) is 16.3 Å². The quantitative estimate of drug-likeness (QED) is 0.278. The van der Waals surface area contributed by atoms with E-state index >= 15 is 0 Å². The Labute approximate surface area is 92.2 Å². The summed E-state index contributed by atoms with van der Waals surface area (Å²) in [6.07, 6.45) is 2.10. The number of rotatable bonds is 2. The van der Waals surface area contributed by atoms with Crippen molar-refractivity contribution >= 4 is 0 Å². The fourth-order valence-corrected chi connectivity index (χ4v) is 3.01. The van der Waals surface area contributed by atoms with Gasteiger partial charge in [-0.3, -0.25) is 0 Å². The molecule has 0 saturated heterocycles. The first-order chi connectivity index (χ1) is 6.90. The normalized spacial score (nSPS) is 25.3. The molecule has 3 heteroatoms. The van der Waals surface area contributed by atoms with Crippen molar-refractivity contribution in [3.05, 3.63) is 21.6 Å². The molecule has 3 nitrogen and oxygen atoms in total. The van der Waals surface area contributed by atoms with Gasteiger partial charge in [0.25, 0.3) is 0 Å². The van der Waals surface area contributed by atoms with Gasteiger partial charge in [0, 0.05) is 4.91 Å². The first-order valence-corrected chi connectivity index (χ1v) is 5.65. The van der Waals surface area contributed by atoms with Gasteiger partial charge in [0.2, 0.25) is 0 Å². The van der Waals surface area contributed by atoms with Crippen LogP contribution >= 0.6 is 0 Å². The molecule has 0 aromatic carbocycles. The van der Waals surface area contributed by atoms with Gasteiger partial charge in [-0.2, -0.15) is 0 Å². The number of hydrogen-bond donors (Lipinski definition) is 0. The summed E-state index contributed by atoms with van der Waals surface area (Å²) in [5.41, 5.74) is 11.6. The molecule has 0 amide bonds. The highest BCUT2D eigenvalue weighted by molar-refractivity contribution is 5.28.